The molecule has 1 fully saturated rings. The van der Waals surface area contributed by atoms with Crippen molar-refractivity contribution in [3.8, 4) is 0 Å². The van der Waals surface area contributed by atoms with E-state index in [4.69, 9.17) is 4.74 Å². The molecular weight excluding hydrogens is 721 g/mol. The quantitative estimate of drug-likeness (QED) is 0.105. The van der Waals surface area contributed by atoms with Gasteiger partial charge in [-0.25, -0.2) is 9.59 Å². The Morgan fingerprint density at radius 2 is 1.47 bits per heavy atom. The third-order valence-corrected chi connectivity index (χ3v) is 10.9. The molecule has 0 aliphatic carbocycles. The number of methoxy groups -OCH3 is 1. The summed E-state index contributed by atoms with van der Waals surface area (Å²) in [6, 6.07) is 25.8. The summed E-state index contributed by atoms with van der Waals surface area (Å²) < 4.78 is 4.81. The first-order chi connectivity index (χ1) is 27.3. The second-order valence-electron chi connectivity index (χ2n) is 16.2. The maximum Gasteiger partial charge on any atom is 0.407 e. The third-order valence-electron chi connectivity index (χ3n) is 10.9. The summed E-state index contributed by atoms with van der Waals surface area (Å²) in [7, 11) is 1.24. The smallest absolute Gasteiger partial charge is 0.407 e. The summed E-state index contributed by atoms with van der Waals surface area (Å²) >= 11 is 0. The first kappa shape index (κ1) is 42.6. The van der Waals surface area contributed by atoms with Crippen LogP contribution < -0.4 is 16.0 Å². The minimum Gasteiger partial charge on any atom is -0.453 e. The van der Waals surface area contributed by atoms with Gasteiger partial charge in [0.25, 0.3) is 0 Å². The molecule has 0 bridgehead atoms. The van der Waals surface area contributed by atoms with Gasteiger partial charge in [0, 0.05) is 37.3 Å². The predicted octanol–water partition coefficient (Wildman–Crippen LogP) is 5.86. The summed E-state index contributed by atoms with van der Waals surface area (Å²) in [5, 5.41) is 21.9. The number of alkyl carbamates (subject to hydrolysis) is 1. The molecule has 1 saturated heterocycles. The van der Waals surface area contributed by atoms with Crippen molar-refractivity contribution < 1.29 is 29.0 Å². The monoisotopic (exact) mass is 778 g/mol. The van der Waals surface area contributed by atoms with Crippen LogP contribution in [0.25, 0.3) is 10.9 Å². The molecule has 2 heterocycles. The Hall–Kier alpha value is -5.49. The highest BCUT2D eigenvalue weighted by molar-refractivity contribution is 5.89. The maximum atomic E-state index is 14.5. The highest BCUT2D eigenvalue weighted by Crippen LogP contribution is 2.26. The zero-order valence-electron chi connectivity index (χ0n) is 34.0. The molecule has 1 aliphatic heterocycles. The average molecular weight is 779 g/mol. The van der Waals surface area contributed by atoms with Gasteiger partial charge in [-0.3, -0.25) is 14.6 Å². The van der Waals surface area contributed by atoms with Gasteiger partial charge in [-0.1, -0.05) is 120 Å². The Balaban J connectivity index is 1.38. The number of para-hydroxylation sites is 1. The lowest BCUT2D eigenvalue weighted by molar-refractivity contribution is -0.129. The molecule has 4 N–H and O–H groups in total. The largest absolute Gasteiger partial charge is 0.453 e. The lowest BCUT2D eigenvalue weighted by atomic mass is 9.85. The second kappa shape index (κ2) is 19.6. The minimum atomic E-state index is -1.11. The number of pyridine rings is 1. The molecule has 0 radical (unpaired) electrons. The van der Waals surface area contributed by atoms with Gasteiger partial charge in [0.1, 0.15) is 12.1 Å². The van der Waals surface area contributed by atoms with Gasteiger partial charge in [-0.15, -0.1) is 0 Å². The fourth-order valence-corrected chi connectivity index (χ4v) is 7.54. The van der Waals surface area contributed by atoms with Crippen LogP contribution in [-0.2, 0) is 33.7 Å². The standard InChI is InChI=1S/C45H58N6O6/c1-7-30(2)39(51-25-24-50(44(51)56)29-33-22-23-46-36-21-15-14-20-35(33)36)41(53)47-34(26-31-16-10-8-11-17-31)28-38(52)37(27-32-18-12-9-13-19-32)48-42(54)40(45(3,4)5)49-43(55)57-6/h8-23,30,34,37-40,52H,7,24-29H2,1-6H3,(H,47,53)(H,48,54)(H,49,55)/t30?,34-,37-,38-,39-,40+/m0/s1. The lowest BCUT2D eigenvalue weighted by Gasteiger charge is -2.35. The van der Waals surface area contributed by atoms with Crippen LogP contribution in [0.1, 0.15) is 64.2 Å². The van der Waals surface area contributed by atoms with Crippen molar-refractivity contribution in [1.82, 2.24) is 30.7 Å². The molecule has 1 unspecified atom stereocenters. The molecule has 12 heteroatoms. The number of aromatic nitrogens is 1. The molecule has 57 heavy (non-hydrogen) atoms. The highest BCUT2D eigenvalue weighted by atomic mass is 16.5. The molecular formula is C45H58N6O6. The number of rotatable bonds is 17. The van der Waals surface area contributed by atoms with E-state index in [1.807, 2.05) is 126 Å². The van der Waals surface area contributed by atoms with Crippen molar-refractivity contribution in [3.05, 3.63) is 114 Å². The summed E-state index contributed by atoms with van der Waals surface area (Å²) in [4.78, 5) is 62.7. The van der Waals surface area contributed by atoms with E-state index in [9.17, 15) is 24.3 Å². The average Bonchev–Trinajstić information content (AvgIpc) is 3.55. The van der Waals surface area contributed by atoms with Crippen molar-refractivity contribution in [1.29, 1.82) is 0 Å². The van der Waals surface area contributed by atoms with E-state index in [0.717, 1.165) is 27.6 Å². The maximum absolute atomic E-state index is 14.5. The van der Waals surface area contributed by atoms with Crippen LogP contribution in [0.15, 0.2) is 97.2 Å². The first-order valence-corrected chi connectivity index (χ1v) is 19.9. The van der Waals surface area contributed by atoms with Crippen LogP contribution in [-0.4, -0.2) is 94.3 Å². The molecule has 5 rings (SSSR count). The lowest BCUT2D eigenvalue weighted by Crippen LogP contribution is -2.58. The van der Waals surface area contributed by atoms with E-state index in [-0.39, 0.29) is 24.3 Å². The molecule has 1 aliphatic rings. The number of carbonyl (C=O) groups excluding carboxylic acids is 4. The Labute approximate surface area is 336 Å². The molecule has 5 amide bonds. The van der Waals surface area contributed by atoms with Crippen LogP contribution in [0.2, 0.25) is 0 Å². The SMILES string of the molecule is CCC(C)[C@@H](C(=O)N[C@@H](Cc1ccccc1)C[C@H](O)[C@H](Cc1ccccc1)NC(=O)[C@@H](NC(=O)OC)C(C)(C)C)N1CCN(Cc2ccnc3ccccc23)C1=O. The summed E-state index contributed by atoms with van der Waals surface area (Å²) in [5.74, 6) is -0.911. The van der Waals surface area contributed by atoms with Gasteiger partial charge in [-0.05, 0) is 59.4 Å². The second-order valence-corrected chi connectivity index (χ2v) is 16.2. The Morgan fingerprint density at radius 3 is 2.11 bits per heavy atom. The fourth-order valence-electron chi connectivity index (χ4n) is 7.54. The topological polar surface area (TPSA) is 153 Å². The summed E-state index contributed by atoms with van der Waals surface area (Å²) in [5.41, 5.74) is 3.03. The zero-order chi connectivity index (χ0) is 41.1. The number of aliphatic hydroxyl groups is 1. The Kier molecular flexibility index (Phi) is 14.7. The van der Waals surface area contributed by atoms with Gasteiger partial charge in [0.05, 0.1) is 24.8 Å². The number of ether oxygens (including phenoxy) is 1. The molecule has 12 nitrogen and oxygen atoms in total. The van der Waals surface area contributed by atoms with Crippen molar-refractivity contribution in [3.63, 3.8) is 0 Å². The number of hydrogen-bond acceptors (Lipinski definition) is 7. The number of nitrogens with one attached hydrogen (secondary N) is 3. The normalized spacial score (nSPS) is 16.3. The van der Waals surface area contributed by atoms with Crippen LogP contribution in [0.5, 0.6) is 0 Å². The van der Waals surface area contributed by atoms with Crippen molar-refractivity contribution in [2.45, 2.75) is 97.1 Å². The zero-order valence-corrected chi connectivity index (χ0v) is 34.0. The predicted molar refractivity (Wildman–Crippen MR) is 221 cm³/mol. The third kappa shape index (κ3) is 11.3. The summed E-state index contributed by atoms with van der Waals surface area (Å²) in [6.45, 7) is 10.8. The molecule has 304 valence electrons. The summed E-state index contributed by atoms with van der Waals surface area (Å²) in [6.07, 6.45) is 1.39. The van der Waals surface area contributed by atoms with E-state index in [2.05, 4.69) is 20.9 Å². The number of benzene rings is 3. The van der Waals surface area contributed by atoms with Crippen LogP contribution in [0.4, 0.5) is 9.59 Å². The molecule has 4 aromatic rings. The number of urea groups is 1. The van der Waals surface area contributed by atoms with Gasteiger partial charge in [0.2, 0.25) is 11.8 Å². The number of carbonyl (C=O) groups is 4. The number of aliphatic hydroxyl groups excluding tert-OH is 1. The van der Waals surface area contributed by atoms with Crippen LogP contribution >= 0.6 is 0 Å². The number of fused-ring (bicyclic) bond motifs is 1. The number of amides is 5. The van der Waals surface area contributed by atoms with Crippen LogP contribution in [0, 0.1) is 11.3 Å². The van der Waals surface area contributed by atoms with E-state index in [0.29, 0.717) is 38.9 Å². The number of hydrogen-bond donors (Lipinski definition) is 4. The van der Waals surface area contributed by atoms with E-state index in [1.54, 1.807) is 16.0 Å². The molecule has 1 aromatic heterocycles. The van der Waals surface area contributed by atoms with E-state index >= 15 is 0 Å². The first-order valence-electron chi connectivity index (χ1n) is 19.9. The molecule has 6 atom stereocenters. The van der Waals surface area contributed by atoms with E-state index < -0.39 is 47.7 Å². The fraction of sp³-hybridized carbons (Fsp3) is 0.444. The van der Waals surface area contributed by atoms with Gasteiger partial charge >= 0.3 is 12.1 Å². The highest BCUT2D eigenvalue weighted by Gasteiger charge is 2.41. The van der Waals surface area contributed by atoms with E-state index in [1.165, 1.54) is 7.11 Å². The van der Waals surface area contributed by atoms with Crippen molar-refractivity contribution >= 4 is 34.8 Å². The van der Waals surface area contributed by atoms with Crippen molar-refractivity contribution in [2.24, 2.45) is 11.3 Å². The molecule has 0 saturated carbocycles. The van der Waals surface area contributed by atoms with Gasteiger partial charge in [-0.2, -0.15) is 0 Å². The van der Waals surface area contributed by atoms with Crippen LogP contribution in [0.3, 0.4) is 0 Å². The Bertz CT molecular complexity index is 1950. The minimum absolute atomic E-state index is 0.103. The van der Waals surface area contributed by atoms with Gasteiger partial charge < -0.3 is 35.6 Å². The number of nitrogens with zero attached hydrogens (tertiary/aromatic N) is 3. The van der Waals surface area contributed by atoms with Gasteiger partial charge in [0.15, 0.2) is 0 Å². The Morgan fingerprint density at radius 1 is 0.842 bits per heavy atom. The van der Waals surface area contributed by atoms with Crippen molar-refractivity contribution in [2.75, 3.05) is 20.2 Å². The molecule has 3 aromatic carbocycles. The molecule has 0 spiro atoms.